The normalized spacial score (nSPS) is 10.9. The van der Waals surface area contributed by atoms with E-state index in [2.05, 4.69) is 137 Å². The quantitative estimate of drug-likeness (QED) is 0.310. The number of aryl methyl sites for hydroxylation is 3. The molecule has 0 aliphatic carbocycles. The second-order valence-electron chi connectivity index (χ2n) is 9.50. The first kappa shape index (κ1) is 25.3. The van der Waals surface area contributed by atoms with Crippen molar-refractivity contribution in [3.05, 3.63) is 125 Å². The molecule has 0 fully saturated rings. The van der Waals surface area contributed by atoms with E-state index in [0.29, 0.717) is 0 Å². The van der Waals surface area contributed by atoms with Crippen LogP contribution in [0.1, 0.15) is 55.0 Å². The van der Waals surface area contributed by atoms with Crippen LogP contribution in [-0.2, 0) is 11.8 Å². The van der Waals surface area contributed by atoms with Crippen molar-refractivity contribution in [2.75, 3.05) is 12.4 Å². The van der Waals surface area contributed by atoms with Gasteiger partial charge in [-0.1, -0.05) is 112 Å². The Kier molecular flexibility index (Phi) is 8.71. The summed E-state index contributed by atoms with van der Waals surface area (Å²) in [5, 5.41) is 3.36. The highest BCUT2D eigenvalue weighted by atomic mass is 14.8. The van der Waals surface area contributed by atoms with E-state index < -0.39 is 0 Å². The van der Waals surface area contributed by atoms with Crippen molar-refractivity contribution < 1.29 is 0 Å². The van der Waals surface area contributed by atoms with Gasteiger partial charge in [-0.2, -0.15) is 0 Å². The molecule has 0 saturated carbocycles. The fourth-order valence-corrected chi connectivity index (χ4v) is 4.80. The molecule has 4 aromatic rings. The Morgan fingerprint density at radius 3 is 1.85 bits per heavy atom. The first-order valence-corrected chi connectivity index (χ1v) is 12.4. The largest absolute Gasteiger partial charge is 0.388 e. The van der Waals surface area contributed by atoms with Gasteiger partial charge in [0, 0.05) is 23.7 Å². The molecule has 0 heterocycles. The second-order valence-corrected chi connectivity index (χ2v) is 9.50. The molecule has 1 N–H and O–H groups in total. The maximum Gasteiger partial charge on any atom is 0.0420 e. The van der Waals surface area contributed by atoms with Crippen molar-refractivity contribution in [3.63, 3.8) is 0 Å². The number of benzene rings is 4. The molecule has 0 saturated heterocycles. The fourth-order valence-electron chi connectivity index (χ4n) is 4.80. The average Bonchev–Trinajstić information content (AvgIpc) is 2.85. The van der Waals surface area contributed by atoms with E-state index >= 15 is 0 Å². The lowest BCUT2D eigenvalue weighted by atomic mass is 9.73. The molecule has 0 atom stereocenters. The lowest BCUT2D eigenvalue weighted by Gasteiger charge is -2.31. The Morgan fingerprint density at radius 1 is 0.676 bits per heavy atom. The molecular formula is C33H39N. The van der Waals surface area contributed by atoms with Crippen molar-refractivity contribution in [1.82, 2.24) is 0 Å². The highest BCUT2D eigenvalue weighted by Gasteiger charge is 2.27. The summed E-state index contributed by atoms with van der Waals surface area (Å²) in [7, 11) is 1.99. The Hall–Kier alpha value is -3.32. The molecule has 176 valence electrons. The first-order valence-electron chi connectivity index (χ1n) is 12.4. The maximum absolute atomic E-state index is 3.36. The smallest absolute Gasteiger partial charge is 0.0420 e. The molecule has 1 heteroatoms. The zero-order chi connectivity index (χ0) is 24.6. The van der Waals surface area contributed by atoms with Gasteiger partial charge in [0.25, 0.3) is 0 Å². The number of nitrogens with one attached hydrogen (secondary N) is 1. The topological polar surface area (TPSA) is 12.0 Å². The van der Waals surface area contributed by atoms with Gasteiger partial charge in [0.2, 0.25) is 0 Å². The summed E-state index contributed by atoms with van der Waals surface area (Å²) in [5.41, 5.74) is 10.5. The summed E-state index contributed by atoms with van der Waals surface area (Å²) in [6.45, 7) is 11.3. The lowest BCUT2D eigenvalue weighted by molar-refractivity contribution is 0.632. The zero-order valence-electron chi connectivity index (χ0n) is 21.7. The molecular weight excluding hydrogens is 410 g/mol. The van der Waals surface area contributed by atoms with Crippen LogP contribution in [0.15, 0.2) is 97.1 Å². The Balaban J connectivity index is 0.000000302. The second kappa shape index (κ2) is 11.7. The van der Waals surface area contributed by atoms with E-state index in [1.54, 1.807) is 0 Å². The summed E-state index contributed by atoms with van der Waals surface area (Å²) in [5.74, 6) is 0. The molecule has 0 spiro atoms. The van der Waals surface area contributed by atoms with Crippen molar-refractivity contribution in [2.45, 2.75) is 52.9 Å². The molecule has 1 nitrogen and oxygen atoms in total. The monoisotopic (exact) mass is 449 g/mol. The van der Waals surface area contributed by atoms with Crippen LogP contribution in [0.3, 0.4) is 0 Å². The van der Waals surface area contributed by atoms with Crippen molar-refractivity contribution in [1.29, 1.82) is 0 Å². The van der Waals surface area contributed by atoms with Crippen molar-refractivity contribution >= 4 is 5.69 Å². The van der Waals surface area contributed by atoms with Gasteiger partial charge in [-0.25, -0.2) is 0 Å². The van der Waals surface area contributed by atoms with E-state index in [4.69, 9.17) is 0 Å². The van der Waals surface area contributed by atoms with E-state index in [-0.39, 0.29) is 5.41 Å². The van der Waals surface area contributed by atoms with Gasteiger partial charge in [0.15, 0.2) is 0 Å². The minimum Gasteiger partial charge on any atom is -0.388 e. The highest BCUT2D eigenvalue weighted by molar-refractivity contribution is 5.80. The maximum atomic E-state index is 3.36. The Labute approximate surface area is 206 Å². The molecule has 0 aromatic heterocycles. The highest BCUT2D eigenvalue weighted by Crippen LogP contribution is 2.40. The predicted molar refractivity (Wildman–Crippen MR) is 150 cm³/mol. The number of anilines is 1. The van der Waals surface area contributed by atoms with E-state index in [1.807, 2.05) is 7.05 Å². The third kappa shape index (κ3) is 5.97. The minimum atomic E-state index is -0.0504. The molecule has 4 rings (SSSR count). The van der Waals surface area contributed by atoms with E-state index in [0.717, 1.165) is 0 Å². The van der Waals surface area contributed by atoms with Gasteiger partial charge < -0.3 is 5.32 Å². The molecule has 0 unspecified atom stereocenters. The molecule has 0 aliphatic rings. The standard InChI is InChI=1S/C24H27N.C9H12/c1-17-11-9-10-14-21(17)24(3,4)22-16-20(19-12-7-6-8-13-19)23(25-5)15-18(22)2;1-2-6-9-7-4-3-5-8-9/h6-16,25H,1-5H3;3-5,7-8H,2,6H2,1H3. The molecule has 0 radical (unpaired) electrons. The number of hydrogen-bond donors (Lipinski definition) is 1. The van der Waals surface area contributed by atoms with Crippen molar-refractivity contribution in [2.24, 2.45) is 0 Å². The van der Waals surface area contributed by atoms with E-state index in [9.17, 15) is 0 Å². The SMILES string of the molecule is CCCc1ccccc1.CNc1cc(C)c(C(C)(C)c2ccccc2C)cc1-c1ccccc1. The van der Waals surface area contributed by atoms with Gasteiger partial charge in [-0.15, -0.1) is 0 Å². The number of rotatable bonds is 6. The zero-order valence-corrected chi connectivity index (χ0v) is 21.7. The summed E-state index contributed by atoms with van der Waals surface area (Å²) in [4.78, 5) is 0. The average molecular weight is 450 g/mol. The van der Waals surface area contributed by atoms with Crippen LogP contribution in [0.5, 0.6) is 0 Å². The summed E-state index contributed by atoms with van der Waals surface area (Å²) >= 11 is 0. The first-order chi connectivity index (χ1) is 16.4. The lowest BCUT2D eigenvalue weighted by Crippen LogP contribution is -2.22. The molecule has 0 aliphatic heterocycles. The summed E-state index contributed by atoms with van der Waals surface area (Å²) < 4.78 is 0. The van der Waals surface area contributed by atoms with Crippen LogP contribution < -0.4 is 5.32 Å². The molecule has 0 amide bonds. The van der Waals surface area contributed by atoms with Crippen LogP contribution in [0.2, 0.25) is 0 Å². The molecule has 0 bridgehead atoms. The third-order valence-corrected chi connectivity index (χ3v) is 6.59. The summed E-state index contributed by atoms with van der Waals surface area (Å²) in [6.07, 6.45) is 2.45. The predicted octanol–water partition coefficient (Wildman–Crippen LogP) is 8.98. The summed E-state index contributed by atoms with van der Waals surface area (Å²) in [6, 6.07) is 34.5. The Morgan fingerprint density at radius 2 is 1.26 bits per heavy atom. The van der Waals surface area contributed by atoms with Gasteiger partial charge in [-0.05, 0) is 65.8 Å². The van der Waals surface area contributed by atoms with Crippen LogP contribution in [0.25, 0.3) is 11.1 Å². The van der Waals surface area contributed by atoms with E-state index in [1.165, 1.54) is 57.5 Å². The van der Waals surface area contributed by atoms with Gasteiger partial charge in [0.1, 0.15) is 0 Å². The van der Waals surface area contributed by atoms with Gasteiger partial charge >= 0.3 is 0 Å². The van der Waals surface area contributed by atoms with Crippen LogP contribution in [0.4, 0.5) is 5.69 Å². The van der Waals surface area contributed by atoms with Crippen LogP contribution in [-0.4, -0.2) is 7.05 Å². The van der Waals surface area contributed by atoms with Crippen molar-refractivity contribution in [3.8, 4) is 11.1 Å². The van der Waals surface area contributed by atoms with Crippen LogP contribution in [0, 0.1) is 13.8 Å². The molecule has 34 heavy (non-hydrogen) atoms. The fraction of sp³-hybridized carbons (Fsp3) is 0.273. The van der Waals surface area contributed by atoms with Crippen LogP contribution >= 0.6 is 0 Å². The molecule has 4 aromatic carbocycles. The van der Waals surface area contributed by atoms with Gasteiger partial charge in [0.05, 0.1) is 0 Å². The Bertz CT molecular complexity index is 1170. The number of hydrogen-bond acceptors (Lipinski definition) is 1. The third-order valence-electron chi connectivity index (χ3n) is 6.59. The minimum absolute atomic E-state index is 0.0504. The van der Waals surface area contributed by atoms with Gasteiger partial charge in [-0.3, -0.25) is 0 Å².